The van der Waals surface area contributed by atoms with E-state index in [0.717, 1.165) is 18.5 Å². The van der Waals surface area contributed by atoms with Crippen LogP contribution >= 0.6 is 0 Å². The molecule has 0 saturated carbocycles. The van der Waals surface area contributed by atoms with Crippen molar-refractivity contribution in [2.75, 3.05) is 6.54 Å². The van der Waals surface area contributed by atoms with Gasteiger partial charge in [-0.25, -0.2) is 0 Å². The highest BCUT2D eigenvalue weighted by Gasteiger charge is 2.06. The zero-order chi connectivity index (χ0) is 10.8. The van der Waals surface area contributed by atoms with E-state index >= 15 is 0 Å². The smallest absolute Gasteiger partial charge is 0.00643 e. The molecule has 0 aromatic heterocycles. The van der Waals surface area contributed by atoms with Crippen molar-refractivity contribution in [2.45, 2.75) is 72.3 Å². The molecule has 0 bridgehead atoms. The normalized spacial score (nSPS) is 13.5. The highest BCUT2D eigenvalue weighted by Crippen LogP contribution is 2.17. The van der Waals surface area contributed by atoms with E-state index < -0.39 is 0 Å². The second-order valence-corrected chi connectivity index (χ2v) is 4.28. The molecule has 14 heavy (non-hydrogen) atoms. The van der Waals surface area contributed by atoms with Gasteiger partial charge in [-0.1, -0.05) is 53.4 Å². The lowest BCUT2D eigenvalue weighted by atomic mass is 9.95. The molecule has 1 nitrogen and oxygen atoms in total. The summed E-state index contributed by atoms with van der Waals surface area (Å²) < 4.78 is 0. The zero-order valence-corrected chi connectivity index (χ0v) is 10.6. The Morgan fingerprint density at radius 3 is 1.93 bits per heavy atom. The Morgan fingerprint density at radius 2 is 1.50 bits per heavy atom. The van der Waals surface area contributed by atoms with Gasteiger partial charge in [0.25, 0.3) is 0 Å². The molecular weight excluding hydrogens is 170 g/mol. The second-order valence-electron chi connectivity index (χ2n) is 4.28. The molecule has 1 unspecified atom stereocenters. The Kier molecular flexibility index (Phi) is 9.49. The van der Waals surface area contributed by atoms with Gasteiger partial charge in [-0.05, 0) is 25.3 Å². The van der Waals surface area contributed by atoms with E-state index in [4.69, 9.17) is 0 Å². The first kappa shape index (κ1) is 14.0. The molecule has 0 aromatic rings. The minimum absolute atomic E-state index is 0.759. The lowest BCUT2D eigenvalue weighted by molar-refractivity contribution is 0.395. The van der Waals surface area contributed by atoms with Gasteiger partial charge in [-0.2, -0.15) is 0 Å². The average molecular weight is 199 g/mol. The third-order valence-corrected chi connectivity index (χ3v) is 3.31. The highest BCUT2D eigenvalue weighted by molar-refractivity contribution is 4.65. The quantitative estimate of drug-likeness (QED) is 0.592. The zero-order valence-electron chi connectivity index (χ0n) is 10.6. The molecule has 0 radical (unpaired) electrons. The van der Waals surface area contributed by atoms with Crippen molar-refractivity contribution < 1.29 is 0 Å². The van der Waals surface area contributed by atoms with Gasteiger partial charge >= 0.3 is 0 Å². The van der Waals surface area contributed by atoms with Crippen LogP contribution in [0.3, 0.4) is 0 Å². The Morgan fingerprint density at radius 1 is 0.857 bits per heavy atom. The van der Waals surface area contributed by atoms with Crippen LogP contribution < -0.4 is 5.32 Å². The summed E-state index contributed by atoms with van der Waals surface area (Å²) in [6.45, 7) is 10.2. The maximum absolute atomic E-state index is 3.54. The third-order valence-electron chi connectivity index (χ3n) is 3.31. The Bertz CT molecular complexity index is 108. The van der Waals surface area contributed by atoms with E-state index in [1.165, 1.54) is 38.5 Å². The highest BCUT2D eigenvalue weighted by atomic mass is 14.9. The van der Waals surface area contributed by atoms with Crippen molar-refractivity contribution in [1.82, 2.24) is 5.32 Å². The van der Waals surface area contributed by atoms with Crippen LogP contribution in [-0.4, -0.2) is 12.6 Å². The monoisotopic (exact) mass is 199 g/mol. The van der Waals surface area contributed by atoms with Gasteiger partial charge in [-0.15, -0.1) is 0 Å². The van der Waals surface area contributed by atoms with Crippen LogP contribution in [0, 0.1) is 5.92 Å². The maximum Gasteiger partial charge on any atom is 0.00643 e. The Labute approximate surface area is 90.7 Å². The fourth-order valence-corrected chi connectivity index (χ4v) is 2.09. The molecule has 0 aliphatic carbocycles. The minimum atomic E-state index is 0.759. The SMILES string of the molecule is CCNC(CC)CCCC(CC)CC. The van der Waals surface area contributed by atoms with Crippen molar-refractivity contribution >= 4 is 0 Å². The van der Waals surface area contributed by atoms with Crippen molar-refractivity contribution in [3.63, 3.8) is 0 Å². The molecule has 0 aliphatic heterocycles. The van der Waals surface area contributed by atoms with Crippen LogP contribution in [0.25, 0.3) is 0 Å². The van der Waals surface area contributed by atoms with Crippen LogP contribution in [0.5, 0.6) is 0 Å². The van der Waals surface area contributed by atoms with E-state index in [0.29, 0.717) is 0 Å². The van der Waals surface area contributed by atoms with E-state index in [-0.39, 0.29) is 0 Å². The first-order valence-electron chi connectivity index (χ1n) is 6.51. The molecule has 0 spiro atoms. The summed E-state index contributed by atoms with van der Waals surface area (Å²) in [6, 6.07) is 0.759. The summed E-state index contributed by atoms with van der Waals surface area (Å²) in [5.41, 5.74) is 0. The van der Waals surface area contributed by atoms with Crippen LogP contribution in [0.2, 0.25) is 0 Å². The van der Waals surface area contributed by atoms with Gasteiger partial charge in [0.15, 0.2) is 0 Å². The summed E-state index contributed by atoms with van der Waals surface area (Å²) in [5, 5.41) is 3.54. The summed E-state index contributed by atoms with van der Waals surface area (Å²) in [6.07, 6.45) is 8.17. The third kappa shape index (κ3) is 6.42. The fraction of sp³-hybridized carbons (Fsp3) is 1.00. The predicted molar refractivity (Wildman–Crippen MR) is 65.7 cm³/mol. The number of hydrogen-bond donors (Lipinski definition) is 1. The second kappa shape index (κ2) is 9.51. The Hall–Kier alpha value is -0.0400. The number of nitrogens with one attached hydrogen (secondary N) is 1. The van der Waals surface area contributed by atoms with Crippen molar-refractivity contribution in [3.8, 4) is 0 Å². The summed E-state index contributed by atoms with van der Waals surface area (Å²) in [7, 11) is 0. The van der Waals surface area contributed by atoms with Gasteiger partial charge in [0.1, 0.15) is 0 Å². The Balaban J connectivity index is 3.48. The lowest BCUT2D eigenvalue weighted by Gasteiger charge is -2.17. The van der Waals surface area contributed by atoms with Crippen molar-refractivity contribution in [1.29, 1.82) is 0 Å². The fourth-order valence-electron chi connectivity index (χ4n) is 2.09. The first-order chi connectivity index (χ1) is 6.78. The molecule has 0 rings (SSSR count). The molecule has 0 fully saturated rings. The summed E-state index contributed by atoms with van der Waals surface area (Å²) >= 11 is 0. The van der Waals surface area contributed by atoms with Crippen molar-refractivity contribution in [2.24, 2.45) is 5.92 Å². The maximum atomic E-state index is 3.54. The average Bonchev–Trinajstić information content (AvgIpc) is 2.23. The summed E-state index contributed by atoms with van der Waals surface area (Å²) in [4.78, 5) is 0. The molecule has 1 atom stereocenters. The van der Waals surface area contributed by atoms with Gasteiger partial charge < -0.3 is 5.32 Å². The topological polar surface area (TPSA) is 12.0 Å². The number of rotatable bonds is 9. The van der Waals surface area contributed by atoms with Gasteiger partial charge in [0, 0.05) is 6.04 Å². The molecule has 86 valence electrons. The molecule has 1 N–H and O–H groups in total. The lowest BCUT2D eigenvalue weighted by Crippen LogP contribution is -2.28. The molecule has 1 heteroatoms. The summed E-state index contributed by atoms with van der Waals surface area (Å²) in [5.74, 6) is 0.967. The largest absolute Gasteiger partial charge is 0.314 e. The molecule has 0 heterocycles. The molecular formula is C13H29N. The molecule has 0 aliphatic rings. The van der Waals surface area contributed by atoms with E-state index in [9.17, 15) is 0 Å². The molecule has 0 saturated heterocycles. The predicted octanol–water partition coefficient (Wildman–Crippen LogP) is 3.98. The van der Waals surface area contributed by atoms with Gasteiger partial charge in [0.05, 0.1) is 0 Å². The van der Waals surface area contributed by atoms with E-state index in [2.05, 4.69) is 33.0 Å². The standard InChI is InChI=1S/C13H29N/c1-5-12(6-2)10-9-11-13(7-3)14-8-4/h12-14H,5-11H2,1-4H3. The van der Waals surface area contributed by atoms with Crippen LogP contribution in [0.4, 0.5) is 0 Å². The molecule has 0 amide bonds. The van der Waals surface area contributed by atoms with Crippen LogP contribution in [0.15, 0.2) is 0 Å². The molecule has 0 aromatic carbocycles. The first-order valence-corrected chi connectivity index (χ1v) is 6.51. The minimum Gasteiger partial charge on any atom is -0.314 e. The van der Waals surface area contributed by atoms with E-state index in [1.807, 2.05) is 0 Å². The van der Waals surface area contributed by atoms with E-state index in [1.54, 1.807) is 0 Å². The van der Waals surface area contributed by atoms with Crippen LogP contribution in [0.1, 0.15) is 66.2 Å². The van der Waals surface area contributed by atoms with Crippen LogP contribution in [-0.2, 0) is 0 Å². The number of hydrogen-bond acceptors (Lipinski definition) is 1. The van der Waals surface area contributed by atoms with Crippen molar-refractivity contribution in [3.05, 3.63) is 0 Å². The van der Waals surface area contributed by atoms with Gasteiger partial charge in [-0.3, -0.25) is 0 Å². The van der Waals surface area contributed by atoms with Gasteiger partial charge in [0.2, 0.25) is 0 Å².